The lowest BCUT2D eigenvalue weighted by Gasteiger charge is -2.08. The summed E-state index contributed by atoms with van der Waals surface area (Å²) < 4.78 is 25.4. The highest BCUT2D eigenvalue weighted by Gasteiger charge is 2.19. The van der Waals surface area contributed by atoms with Gasteiger partial charge in [0.1, 0.15) is 9.90 Å². The molecule has 0 saturated heterocycles. The second kappa shape index (κ2) is 6.55. The maximum Gasteiger partial charge on any atom is 0.270 e. The lowest BCUT2D eigenvalue weighted by Crippen LogP contribution is -2.23. The molecule has 2 aromatic rings. The first kappa shape index (κ1) is 16.6. The van der Waals surface area contributed by atoms with Gasteiger partial charge in [0.05, 0.1) is 6.54 Å². The molecule has 1 N–H and O–H groups in total. The fourth-order valence-electron chi connectivity index (χ4n) is 1.70. The molecule has 0 aliphatic carbocycles. The maximum atomic E-state index is 12.0. The van der Waals surface area contributed by atoms with E-state index in [1.165, 1.54) is 14.1 Å². The highest BCUT2D eigenvalue weighted by atomic mass is 32.2. The van der Waals surface area contributed by atoms with Crippen molar-refractivity contribution in [2.24, 2.45) is 0 Å². The number of nitrogens with one attached hydrogen (secondary N) is 1. The summed E-state index contributed by atoms with van der Waals surface area (Å²) in [5.41, 5.74) is 1.11. The molecule has 0 bridgehead atoms. The van der Waals surface area contributed by atoms with Gasteiger partial charge in [0.2, 0.25) is 0 Å². The van der Waals surface area contributed by atoms with E-state index in [9.17, 15) is 13.2 Å². The van der Waals surface area contributed by atoms with Gasteiger partial charge in [-0.1, -0.05) is 6.07 Å². The number of rotatable bonds is 5. The van der Waals surface area contributed by atoms with Gasteiger partial charge in [-0.2, -0.15) is 0 Å². The zero-order chi connectivity index (χ0) is 16.3. The van der Waals surface area contributed by atoms with Gasteiger partial charge in [0.25, 0.3) is 15.9 Å². The van der Waals surface area contributed by atoms with Crippen LogP contribution in [0.5, 0.6) is 0 Å². The number of hydrogen-bond acceptors (Lipinski definition) is 5. The third-order valence-electron chi connectivity index (χ3n) is 2.92. The second-order valence-corrected chi connectivity index (χ2v) is 8.40. The van der Waals surface area contributed by atoms with Crippen molar-refractivity contribution in [3.63, 3.8) is 0 Å². The Morgan fingerprint density at radius 1 is 1.27 bits per heavy atom. The fraction of sp³-hybridized carbons (Fsp3) is 0.286. The van der Waals surface area contributed by atoms with Crippen molar-refractivity contribution < 1.29 is 13.2 Å². The smallest absolute Gasteiger partial charge is 0.270 e. The van der Waals surface area contributed by atoms with E-state index in [1.54, 1.807) is 24.3 Å². The van der Waals surface area contributed by atoms with Crippen LogP contribution in [0, 0.1) is 6.92 Å². The SMILES string of the molecule is Cc1cccc(C(=O)NCc2ccc(S(=O)(=O)N(C)C)s2)n1. The molecule has 2 heterocycles. The zero-order valence-corrected chi connectivity index (χ0v) is 14.2. The Morgan fingerprint density at radius 2 is 2.00 bits per heavy atom. The van der Waals surface area contributed by atoms with Crippen LogP contribution in [0.25, 0.3) is 0 Å². The minimum Gasteiger partial charge on any atom is -0.346 e. The minimum absolute atomic E-state index is 0.260. The first-order chi connectivity index (χ1) is 10.3. The number of amides is 1. The molecule has 0 spiro atoms. The maximum absolute atomic E-state index is 12.0. The quantitative estimate of drug-likeness (QED) is 0.898. The molecule has 1 amide bonds. The topological polar surface area (TPSA) is 79.4 Å². The van der Waals surface area contributed by atoms with Crippen molar-refractivity contribution in [3.05, 3.63) is 46.6 Å². The molecule has 0 saturated carbocycles. The Balaban J connectivity index is 2.04. The van der Waals surface area contributed by atoms with Crippen LogP contribution in [0.15, 0.2) is 34.5 Å². The summed E-state index contributed by atoms with van der Waals surface area (Å²) in [6.45, 7) is 2.08. The van der Waals surface area contributed by atoms with Gasteiger partial charge in [0.15, 0.2) is 0 Å². The average Bonchev–Trinajstić information content (AvgIpc) is 2.94. The van der Waals surface area contributed by atoms with Crippen LogP contribution in [-0.4, -0.2) is 37.7 Å². The normalized spacial score (nSPS) is 11.6. The van der Waals surface area contributed by atoms with E-state index in [2.05, 4.69) is 10.3 Å². The zero-order valence-electron chi connectivity index (χ0n) is 12.5. The molecule has 6 nitrogen and oxygen atoms in total. The number of sulfonamides is 1. The van der Waals surface area contributed by atoms with Crippen molar-refractivity contribution in [2.45, 2.75) is 17.7 Å². The largest absolute Gasteiger partial charge is 0.346 e. The molecule has 2 rings (SSSR count). The molecule has 8 heteroatoms. The first-order valence-electron chi connectivity index (χ1n) is 6.54. The molecule has 0 fully saturated rings. The Kier molecular flexibility index (Phi) is 4.94. The summed E-state index contributed by atoms with van der Waals surface area (Å²) >= 11 is 1.14. The molecule has 0 atom stereocenters. The molecule has 0 unspecified atom stereocenters. The predicted molar refractivity (Wildman–Crippen MR) is 85.3 cm³/mol. The fourth-order valence-corrected chi connectivity index (χ4v) is 4.16. The number of hydrogen-bond donors (Lipinski definition) is 1. The van der Waals surface area contributed by atoms with E-state index in [0.29, 0.717) is 5.69 Å². The van der Waals surface area contributed by atoms with Gasteiger partial charge in [-0.25, -0.2) is 17.7 Å². The summed E-state index contributed by atoms with van der Waals surface area (Å²) in [5.74, 6) is -0.283. The van der Waals surface area contributed by atoms with Gasteiger partial charge in [-0.05, 0) is 31.2 Å². The van der Waals surface area contributed by atoms with Gasteiger partial charge in [-0.3, -0.25) is 4.79 Å². The standard InChI is InChI=1S/C14H17N3O3S2/c1-10-5-4-6-12(16-10)14(18)15-9-11-7-8-13(21-11)22(19,20)17(2)3/h4-8H,9H2,1-3H3,(H,15,18). The number of carbonyl (C=O) groups is 1. The Labute approximate surface area is 133 Å². The molecule has 0 aliphatic heterocycles. The number of aryl methyl sites for hydroxylation is 1. The molecule has 0 aromatic carbocycles. The number of nitrogens with zero attached hydrogens (tertiary/aromatic N) is 2. The van der Waals surface area contributed by atoms with Crippen molar-refractivity contribution in [1.29, 1.82) is 0 Å². The molecule has 22 heavy (non-hydrogen) atoms. The third-order valence-corrected chi connectivity index (χ3v) is 6.28. The molecule has 118 valence electrons. The monoisotopic (exact) mass is 339 g/mol. The van der Waals surface area contributed by atoms with E-state index >= 15 is 0 Å². The number of carbonyl (C=O) groups excluding carboxylic acids is 1. The van der Waals surface area contributed by atoms with Crippen LogP contribution in [-0.2, 0) is 16.6 Å². The first-order valence-corrected chi connectivity index (χ1v) is 8.79. The number of pyridine rings is 1. The summed E-state index contributed by atoms with van der Waals surface area (Å²) in [7, 11) is -0.454. The Bertz CT molecular complexity index is 782. The van der Waals surface area contributed by atoms with E-state index in [1.807, 2.05) is 13.0 Å². The van der Waals surface area contributed by atoms with Gasteiger partial charge >= 0.3 is 0 Å². The summed E-state index contributed by atoms with van der Waals surface area (Å²) in [6, 6.07) is 8.47. The lowest BCUT2D eigenvalue weighted by molar-refractivity contribution is 0.0946. The second-order valence-electron chi connectivity index (χ2n) is 4.86. The summed E-state index contributed by atoms with van der Waals surface area (Å²) in [4.78, 5) is 16.9. The van der Waals surface area contributed by atoms with Crippen LogP contribution in [0.3, 0.4) is 0 Å². The Morgan fingerprint density at radius 3 is 2.64 bits per heavy atom. The van der Waals surface area contributed by atoms with Crippen molar-refractivity contribution in [1.82, 2.24) is 14.6 Å². The molecular weight excluding hydrogens is 322 g/mol. The van der Waals surface area contributed by atoms with Crippen molar-refractivity contribution in [2.75, 3.05) is 14.1 Å². The highest BCUT2D eigenvalue weighted by molar-refractivity contribution is 7.91. The lowest BCUT2D eigenvalue weighted by atomic mass is 10.3. The van der Waals surface area contributed by atoms with Crippen molar-refractivity contribution >= 4 is 27.3 Å². The molecule has 2 aromatic heterocycles. The van der Waals surface area contributed by atoms with Crippen molar-refractivity contribution in [3.8, 4) is 0 Å². The van der Waals surface area contributed by atoms with E-state index in [-0.39, 0.29) is 16.7 Å². The summed E-state index contributed by atoms with van der Waals surface area (Å²) in [6.07, 6.45) is 0. The predicted octanol–water partition coefficient (Wildman–Crippen LogP) is 1.63. The van der Waals surface area contributed by atoms with Gasteiger partial charge < -0.3 is 5.32 Å². The third kappa shape index (κ3) is 3.70. The Hall–Kier alpha value is -1.77. The number of thiophene rings is 1. The molecule has 0 radical (unpaired) electrons. The van der Waals surface area contributed by atoms with Gasteiger partial charge in [0, 0.05) is 24.7 Å². The molecule has 0 aliphatic rings. The highest BCUT2D eigenvalue weighted by Crippen LogP contribution is 2.23. The van der Waals surface area contributed by atoms with Crippen LogP contribution in [0.2, 0.25) is 0 Å². The van der Waals surface area contributed by atoms with E-state index in [0.717, 1.165) is 26.2 Å². The molecular formula is C14H17N3O3S2. The summed E-state index contributed by atoms with van der Waals surface area (Å²) in [5, 5.41) is 2.74. The van der Waals surface area contributed by atoms with Gasteiger partial charge in [-0.15, -0.1) is 11.3 Å². The minimum atomic E-state index is -3.43. The van der Waals surface area contributed by atoms with Crippen LogP contribution >= 0.6 is 11.3 Å². The average molecular weight is 339 g/mol. The number of aromatic nitrogens is 1. The van der Waals surface area contributed by atoms with Crippen LogP contribution in [0.4, 0.5) is 0 Å². The van der Waals surface area contributed by atoms with E-state index in [4.69, 9.17) is 0 Å². The van der Waals surface area contributed by atoms with Crippen LogP contribution < -0.4 is 5.32 Å². The van der Waals surface area contributed by atoms with E-state index < -0.39 is 10.0 Å². The van der Waals surface area contributed by atoms with Crippen LogP contribution in [0.1, 0.15) is 21.1 Å².